The van der Waals surface area contributed by atoms with Crippen LogP contribution in [0.5, 0.6) is 0 Å². The molecule has 1 aromatic rings. The lowest BCUT2D eigenvalue weighted by Gasteiger charge is -2.41. The van der Waals surface area contributed by atoms with Crippen molar-refractivity contribution < 1.29 is 28.2 Å². The summed E-state index contributed by atoms with van der Waals surface area (Å²) < 4.78 is 34.4. The summed E-state index contributed by atoms with van der Waals surface area (Å²) >= 11 is 0. The summed E-state index contributed by atoms with van der Waals surface area (Å²) in [5.41, 5.74) is 1.21. The molecule has 2 aliphatic heterocycles. The van der Waals surface area contributed by atoms with E-state index in [1.807, 2.05) is 6.07 Å². The first-order valence-corrected chi connectivity index (χ1v) is 30.7. The fourth-order valence-electron chi connectivity index (χ4n) is 8.44. The lowest BCUT2D eigenvalue weighted by Crippen LogP contribution is -2.48. The molecule has 0 amide bonds. The van der Waals surface area contributed by atoms with Crippen molar-refractivity contribution >= 4 is 16.6 Å². The van der Waals surface area contributed by atoms with Crippen molar-refractivity contribution in [3.8, 4) is 0 Å². The molecule has 0 aliphatic carbocycles. The van der Waals surface area contributed by atoms with Gasteiger partial charge in [-0.3, -0.25) is 0 Å². The van der Waals surface area contributed by atoms with Gasteiger partial charge in [0.05, 0.1) is 43.2 Å². The van der Waals surface area contributed by atoms with E-state index in [1.165, 1.54) is 102 Å². The molecule has 1 N–H and O–H groups in total. The van der Waals surface area contributed by atoms with Crippen LogP contribution in [0.1, 0.15) is 202 Å². The first-order chi connectivity index (χ1) is 27.9. The van der Waals surface area contributed by atoms with Gasteiger partial charge in [-0.1, -0.05) is 188 Å². The smallest absolute Gasteiger partial charge is 0.192 e. The van der Waals surface area contributed by atoms with Gasteiger partial charge in [0.1, 0.15) is 6.10 Å². The molecule has 6 nitrogen and oxygen atoms in total. The molecule has 1 aromatic carbocycles. The Morgan fingerprint density at radius 2 is 1.17 bits per heavy atom. The first kappa shape index (κ1) is 52.8. The molecule has 7 atom stereocenters. The lowest BCUT2D eigenvalue weighted by molar-refractivity contribution is -0.121. The van der Waals surface area contributed by atoms with Gasteiger partial charge in [0.15, 0.2) is 16.6 Å². The molecule has 3 rings (SSSR count). The minimum absolute atomic E-state index is 0.00720. The maximum absolute atomic E-state index is 11.3. The highest BCUT2D eigenvalue weighted by atomic mass is 28.4. The van der Waals surface area contributed by atoms with E-state index in [1.54, 1.807) is 0 Å². The third-order valence-corrected chi connectivity index (χ3v) is 23.5. The summed E-state index contributed by atoms with van der Waals surface area (Å²) in [5.74, 6) is 0. The zero-order valence-electron chi connectivity index (χ0n) is 40.6. The van der Waals surface area contributed by atoms with Crippen LogP contribution in [0.15, 0.2) is 30.3 Å². The average Bonchev–Trinajstić information content (AvgIpc) is 3.82. The molecular formula is C51H96O6Si2. The molecule has 0 radical (unpaired) electrons. The molecule has 8 heteroatoms. The van der Waals surface area contributed by atoms with E-state index >= 15 is 0 Å². The third kappa shape index (κ3) is 19.4. The number of aliphatic hydroxyl groups is 1. The van der Waals surface area contributed by atoms with E-state index in [4.69, 9.17) is 23.1 Å². The standard InChI is InChI=1S/C51H96O6Si2/c1-12-13-14-15-16-17-18-19-20-21-22-23-24-25-31-36-45(56-58(8,9)50(2,3)4)47-40-48(57-59(10,11)51(5,6)7)49(55-47)46-38-37-44(54-46)43(52)35-30-27-32-39-53-41-42-33-28-26-29-34-42/h26,28-29,33-34,43-49,52H,12-25,27,30-32,35-41H2,1-11H3/t43-,44+,45+,46+,47+,48-,49-/m1/s1. The van der Waals surface area contributed by atoms with E-state index in [0.717, 1.165) is 58.0 Å². The first-order valence-electron chi connectivity index (χ1n) is 24.9. The molecule has 0 unspecified atom stereocenters. The highest BCUT2D eigenvalue weighted by Gasteiger charge is 2.51. The van der Waals surface area contributed by atoms with Crippen LogP contribution in [0, 0.1) is 0 Å². The van der Waals surface area contributed by atoms with Gasteiger partial charge in [-0.25, -0.2) is 0 Å². The van der Waals surface area contributed by atoms with Crippen molar-refractivity contribution in [1.29, 1.82) is 0 Å². The zero-order chi connectivity index (χ0) is 43.4. The zero-order valence-corrected chi connectivity index (χ0v) is 42.6. The largest absolute Gasteiger partial charge is 0.411 e. The Hall–Kier alpha value is -0.586. The highest BCUT2D eigenvalue weighted by molar-refractivity contribution is 6.74. The lowest BCUT2D eigenvalue weighted by atomic mass is 9.99. The molecule has 2 fully saturated rings. The van der Waals surface area contributed by atoms with Crippen LogP contribution in [0.3, 0.4) is 0 Å². The predicted molar refractivity (Wildman–Crippen MR) is 255 cm³/mol. The SMILES string of the molecule is CCCCCCCCCCCCCCCCC[C@H](O[Si](C)(C)C(C)(C)C)[C@@H]1C[C@@H](O[Si](C)(C)C(C)(C)C)[C@@H]([C@@H]2CC[C@@H]([C@H](O)CCCCCOCc3ccccc3)O2)O1. The second-order valence-corrected chi connectivity index (χ2v) is 31.2. The van der Waals surface area contributed by atoms with Gasteiger partial charge in [-0.15, -0.1) is 0 Å². The fourth-order valence-corrected chi connectivity index (χ4v) is 11.2. The van der Waals surface area contributed by atoms with Crippen molar-refractivity contribution in [2.24, 2.45) is 0 Å². The van der Waals surface area contributed by atoms with Crippen molar-refractivity contribution in [2.45, 2.75) is 282 Å². The van der Waals surface area contributed by atoms with Crippen molar-refractivity contribution in [3.05, 3.63) is 35.9 Å². The van der Waals surface area contributed by atoms with Crippen LogP contribution in [0.4, 0.5) is 0 Å². The van der Waals surface area contributed by atoms with E-state index in [-0.39, 0.29) is 46.7 Å². The second-order valence-electron chi connectivity index (χ2n) is 21.7. The Morgan fingerprint density at radius 3 is 1.73 bits per heavy atom. The number of aliphatic hydroxyl groups excluding tert-OH is 1. The van der Waals surface area contributed by atoms with E-state index in [0.29, 0.717) is 6.61 Å². The molecular weight excluding hydrogens is 765 g/mol. The van der Waals surface area contributed by atoms with Crippen LogP contribution in [-0.4, -0.2) is 71.1 Å². The van der Waals surface area contributed by atoms with E-state index in [2.05, 4.69) is 98.9 Å². The Kier molecular flexibility index (Phi) is 24.1. The molecule has 2 heterocycles. The number of hydrogen-bond donors (Lipinski definition) is 1. The quantitative estimate of drug-likeness (QED) is 0.0593. The van der Waals surface area contributed by atoms with Crippen LogP contribution in [0.25, 0.3) is 0 Å². The molecule has 2 aliphatic rings. The Morgan fingerprint density at radius 1 is 0.644 bits per heavy atom. The molecule has 0 saturated carbocycles. The minimum Gasteiger partial charge on any atom is -0.411 e. The summed E-state index contributed by atoms with van der Waals surface area (Å²) in [7, 11) is -4.13. The Balaban J connectivity index is 1.53. The van der Waals surface area contributed by atoms with Gasteiger partial charge in [-0.2, -0.15) is 0 Å². The molecule has 59 heavy (non-hydrogen) atoms. The second kappa shape index (κ2) is 26.9. The van der Waals surface area contributed by atoms with Gasteiger partial charge >= 0.3 is 0 Å². The number of benzene rings is 1. The molecule has 344 valence electrons. The van der Waals surface area contributed by atoms with Crippen molar-refractivity contribution in [1.82, 2.24) is 0 Å². The van der Waals surface area contributed by atoms with Gasteiger partial charge in [-0.05, 0) is 73.9 Å². The summed E-state index contributed by atoms with van der Waals surface area (Å²) in [6, 6.07) is 10.4. The fraction of sp³-hybridized carbons (Fsp3) is 0.882. The topological polar surface area (TPSA) is 66.4 Å². The van der Waals surface area contributed by atoms with Gasteiger partial charge in [0, 0.05) is 13.0 Å². The maximum Gasteiger partial charge on any atom is 0.192 e. The monoisotopic (exact) mass is 861 g/mol. The summed E-state index contributed by atoms with van der Waals surface area (Å²) in [5, 5.41) is 11.5. The van der Waals surface area contributed by atoms with Crippen LogP contribution in [0.2, 0.25) is 36.3 Å². The maximum atomic E-state index is 11.3. The third-order valence-electron chi connectivity index (χ3n) is 14.5. The Bertz CT molecular complexity index is 1210. The molecule has 0 bridgehead atoms. The molecule has 2 saturated heterocycles. The van der Waals surface area contributed by atoms with Crippen molar-refractivity contribution in [3.63, 3.8) is 0 Å². The number of rotatable bonds is 31. The molecule has 0 aromatic heterocycles. The predicted octanol–water partition coefficient (Wildman–Crippen LogP) is 14.9. The van der Waals surface area contributed by atoms with E-state index < -0.39 is 22.7 Å². The van der Waals surface area contributed by atoms with Crippen LogP contribution >= 0.6 is 0 Å². The summed E-state index contributed by atoms with van der Waals surface area (Å²) in [6.07, 6.45) is 27.3. The van der Waals surface area contributed by atoms with Gasteiger partial charge < -0.3 is 28.2 Å². The summed E-state index contributed by atoms with van der Waals surface area (Å²) in [4.78, 5) is 0. The average molecular weight is 861 g/mol. The van der Waals surface area contributed by atoms with Crippen LogP contribution in [-0.2, 0) is 29.7 Å². The molecule has 0 spiro atoms. The number of hydrogen-bond acceptors (Lipinski definition) is 6. The Labute approximate surface area is 367 Å². The number of ether oxygens (including phenoxy) is 3. The normalized spacial score (nSPS) is 22.9. The summed E-state index contributed by atoms with van der Waals surface area (Å²) in [6.45, 7) is 27.3. The van der Waals surface area contributed by atoms with E-state index in [9.17, 15) is 5.11 Å². The highest BCUT2D eigenvalue weighted by Crippen LogP contribution is 2.44. The van der Waals surface area contributed by atoms with Gasteiger partial charge in [0.2, 0.25) is 0 Å². The minimum atomic E-state index is -2.08. The number of unbranched alkanes of at least 4 members (excludes halogenated alkanes) is 16. The van der Waals surface area contributed by atoms with Gasteiger partial charge in [0.25, 0.3) is 0 Å². The van der Waals surface area contributed by atoms with Crippen LogP contribution < -0.4 is 0 Å². The van der Waals surface area contributed by atoms with Crippen molar-refractivity contribution in [2.75, 3.05) is 6.61 Å².